The molecule has 0 saturated carbocycles. The van der Waals surface area contributed by atoms with E-state index in [9.17, 15) is 4.79 Å². The average Bonchev–Trinajstić information content (AvgIpc) is 2.54. The molecule has 1 amide bonds. The van der Waals surface area contributed by atoms with Crippen LogP contribution in [-0.4, -0.2) is 32.1 Å². The van der Waals surface area contributed by atoms with Gasteiger partial charge in [-0.05, 0) is 15.9 Å². The fourth-order valence-electron chi connectivity index (χ4n) is 1.75. The number of hydrogen-bond donors (Lipinski definition) is 0. The van der Waals surface area contributed by atoms with Gasteiger partial charge in [-0.15, -0.1) is 5.10 Å². The van der Waals surface area contributed by atoms with Crippen LogP contribution in [0, 0.1) is 5.41 Å². The van der Waals surface area contributed by atoms with Gasteiger partial charge in [0.2, 0.25) is 10.6 Å². The van der Waals surface area contributed by atoms with Crippen molar-refractivity contribution in [3.05, 3.63) is 10.6 Å². The van der Waals surface area contributed by atoms with Crippen molar-refractivity contribution >= 4 is 21.8 Å². The molecule has 0 spiro atoms. The van der Waals surface area contributed by atoms with Gasteiger partial charge in [0.05, 0.1) is 13.1 Å². The van der Waals surface area contributed by atoms with Gasteiger partial charge in [-0.25, -0.2) is 9.67 Å². The monoisotopic (exact) mass is 286 g/mol. The summed E-state index contributed by atoms with van der Waals surface area (Å²) in [5.74, 6) is 1.01. The van der Waals surface area contributed by atoms with Crippen LogP contribution >= 0.6 is 15.9 Å². The van der Waals surface area contributed by atoms with E-state index in [0.29, 0.717) is 17.8 Å². The molecular formula is C10H15BrN4O. The molecule has 0 N–H and O–H groups in total. The Morgan fingerprint density at radius 3 is 2.69 bits per heavy atom. The summed E-state index contributed by atoms with van der Waals surface area (Å²) in [6.45, 7) is 7.78. The van der Waals surface area contributed by atoms with E-state index in [-0.39, 0.29) is 11.3 Å². The van der Waals surface area contributed by atoms with Crippen LogP contribution in [0.4, 0.5) is 0 Å². The molecule has 0 bridgehead atoms. The summed E-state index contributed by atoms with van der Waals surface area (Å²) in [5, 5.41) is 4.19. The molecule has 1 aliphatic rings. The van der Waals surface area contributed by atoms with Crippen LogP contribution < -0.4 is 0 Å². The predicted molar refractivity (Wildman–Crippen MR) is 62.6 cm³/mol. The van der Waals surface area contributed by atoms with Gasteiger partial charge in [0.25, 0.3) is 0 Å². The Kier molecular flexibility index (Phi) is 2.77. The summed E-state index contributed by atoms with van der Waals surface area (Å²) < 4.78 is 2.43. The molecule has 88 valence electrons. The number of hydrogen-bond acceptors (Lipinski definition) is 3. The zero-order valence-electron chi connectivity index (χ0n) is 9.70. The van der Waals surface area contributed by atoms with Gasteiger partial charge in [-0.2, -0.15) is 0 Å². The van der Waals surface area contributed by atoms with Gasteiger partial charge < -0.3 is 4.90 Å². The maximum atomic E-state index is 12.1. The minimum Gasteiger partial charge on any atom is -0.333 e. The molecule has 0 saturated heterocycles. The van der Waals surface area contributed by atoms with Crippen molar-refractivity contribution in [3.8, 4) is 0 Å². The van der Waals surface area contributed by atoms with Crippen LogP contribution in [-0.2, 0) is 17.9 Å². The molecule has 0 radical (unpaired) electrons. The molecule has 0 atom stereocenters. The second-order valence-corrected chi connectivity index (χ2v) is 5.71. The molecule has 2 heterocycles. The standard InChI is InChI=1S/C10H15BrN4O/c1-10(2,3)8(16)14-4-5-15-7(6-14)12-9(11)13-15/h4-6H2,1-3H3. The van der Waals surface area contributed by atoms with Crippen molar-refractivity contribution in [1.82, 2.24) is 19.7 Å². The van der Waals surface area contributed by atoms with Gasteiger partial charge in [-0.1, -0.05) is 20.8 Å². The highest BCUT2D eigenvalue weighted by Gasteiger charge is 2.30. The Balaban J connectivity index is 2.17. The number of amides is 1. The molecular weight excluding hydrogens is 272 g/mol. The van der Waals surface area contributed by atoms with Crippen LogP contribution in [0.1, 0.15) is 26.6 Å². The quantitative estimate of drug-likeness (QED) is 0.725. The average molecular weight is 287 g/mol. The van der Waals surface area contributed by atoms with Crippen molar-refractivity contribution < 1.29 is 4.79 Å². The minimum atomic E-state index is -0.334. The maximum Gasteiger partial charge on any atom is 0.228 e. The largest absolute Gasteiger partial charge is 0.333 e. The Bertz CT molecular complexity index is 421. The summed E-state index contributed by atoms with van der Waals surface area (Å²) in [6, 6.07) is 0. The van der Waals surface area contributed by atoms with Crippen LogP contribution in [0.3, 0.4) is 0 Å². The Morgan fingerprint density at radius 1 is 1.38 bits per heavy atom. The number of carbonyl (C=O) groups is 1. The van der Waals surface area contributed by atoms with Gasteiger partial charge in [0.1, 0.15) is 5.82 Å². The minimum absolute atomic E-state index is 0.165. The molecule has 1 aliphatic heterocycles. The second kappa shape index (κ2) is 3.84. The van der Waals surface area contributed by atoms with Gasteiger partial charge in [0, 0.05) is 12.0 Å². The molecule has 1 aromatic heterocycles. The third kappa shape index (κ3) is 2.11. The molecule has 0 aromatic carbocycles. The van der Waals surface area contributed by atoms with Crippen molar-refractivity contribution in [1.29, 1.82) is 0 Å². The lowest BCUT2D eigenvalue weighted by molar-refractivity contribution is -0.141. The van der Waals surface area contributed by atoms with E-state index in [4.69, 9.17) is 0 Å². The summed E-state index contributed by atoms with van der Waals surface area (Å²) in [4.78, 5) is 18.2. The van der Waals surface area contributed by atoms with E-state index in [2.05, 4.69) is 26.0 Å². The van der Waals surface area contributed by atoms with E-state index >= 15 is 0 Å². The van der Waals surface area contributed by atoms with Crippen LogP contribution in [0.25, 0.3) is 0 Å². The zero-order chi connectivity index (χ0) is 11.9. The molecule has 2 rings (SSSR count). The predicted octanol–water partition coefficient (Wildman–Crippen LogP) is 1.43. The Morgan fingerprint density at radius 2 is 2.06 bits per heavy atom. The number of nitrogens with zero attached hydrogens (tertiary/aromatic N) is 4. The lowest BCUT2D eigenvalue weighted by Gasteiger charge is -2.31. The highest BCUT2D eigenvalue weighted by atomic mass is 79.9. The molecule has 1 aromatic rings. The number of halogens is 1. The first-order valence-electron chi connectivity index (χ1n) is 5.26. The first kappa shape index (κ1) is 11.6. The first-order chi connectivity index (χ1) is 7.38. The van der Waals surface area contributed by atoms with E-state index in [0.717, 1.165) is 12.4 Å². The number of carbonyl (C=O) groups excluding carboxylic acids is 1. The first-order valence-corrected chi connectivity index (χ1v) is 6.06. The van der Waals surface area contributed by atoms with Gasteiger partial charge in [0.15, 0.2) is 0 Å². The summed E-state index contributed by atoms with van der Waals surface area (Å²) in [5.41, 5.74) is -0.334. The van der Waals surface area contributed by atoms with Crippen molar-refractivity contribution in [2.45, 2.75) is 33.9 Å². The van der Waals surface area contributed by atoms with Crippen molar-refractivity contribution in [2.24, 2.45) is 5.41 Å². The molecule has 16 heavy (non-hydrogen) atoms. The summed E-state index contributed by atoms with van der Waals surface area (Å²) >= 11 is 3.24. The van der Waals surface area contributed by atoms with E-state index in [1.807, 2.05) is 30.4 Å². The topological polar surface area (TPSA) is 51.0 Å². The van der Waals surface area contributed by atoms with Crippen LogP contribution in [0.2, 0.25) is 0 Å². The summed E-state index contributed by atoms with van der Waals surface area (Å²) in [7, 11) is 0. The lowest BCUT2D eigenvalue weighted by Crippen LogP contribution is -2.44. The van der Waals surface area contributed by atoms with E-state index in [1.54, 1.807) is 0 Å². The van der Waals surface area contributed by atoms with Crippen molar-refractivity contribution in [2.75, 3.05) is 6.54 Å². The maximum absolute atomic E-state index is 12.1. The number of fused-ring (bicyclic) bond motifs is 1. The van der Waals surface area contributed by atoms with Gasteiger partial charge in [-0.3, -0.25) is 4.79 Å². The zero-order valence-corrected chi connectivity index (χ0v) is 11.3. The number of aromatic nitrogens is 3. The molecule has 5 nitrogen and oxygen atoms in total. The fraction of sp³-hybridized carbons (Fsp3) is 0.700. The normalized spacial score (nSPS) is 16.1. The number of rotatable bonds is 0. The van der Waals surface area contributed by atoms with E-state index < -0.39 is 0 Å². The van der Waals surface area contributed by atoms with E-state index in [1.165, 1.54) is 0 Å². The third-order valence-electron chi connectivity index (χ3n) is 2.57. The van der Waals surface area contributed by atoms with Gasteiger partial charge >= 0.3 is 0 Å². The molecule has 0 unspecified atom stereocenters. The highest BCUT2D eigenvalue weighted by Crippen LogP contribution is 2.21. The summed E-state index contributed by atoms with van der Waals surface area (Å²) in [6.07, 6.45) is 0. The SMILES string of the molecule is CC(C)(C)C(=O)N1CCn2nc(Br)nc2C1. The molecule has 0 fully saturated rings. The molecule has 0 aliphatic carbocycles. The highest BCUT2D eigenvalue weighted by molar-refractivity contribution is 9.10. The molecule has 6 heteroatoms. The second-order valence-electron chi connectivity index (χ2n) is 5.00. The fourth-order valence-corrected chi connectivity index (χ4v) is 2.15. The smallest absolute Gasteiger partial charge is 0.228 e. The third-order valence-corrected chi connectivity index (χ3v) is 2.90. The lowest BCUT2D eigenvalue weighted by atomic mass is 9.94. The van der Waals surface area contributed by atoms with Crippen molar-refractivity contribution in [3.63, 3.8) is 0 Å². The Hall–Kier alpha value is -0.910. The Labute approximate surface area is 103 Å². The van der Waals surface area contributed by atoms with Crippen LogP contribution in [0.15, 0.2) is 4.73 Å². The van der Waals surface area contributed by atoms with Crippen LogP contribution in [0.5, 0.6) is 0 Å².